The molecule has 2 nitrogen and oxygen atoms in total. The van der Waals surface area contributed by atoms with Crippen LogP contribution in [0.2, 0.25) is 0 Å². The van der Waals surface area contributed by atoms with E-state index in [9.17, 15) is 0 Å². The van der Waals surface area contributed by atoms with Crippen LogP contribution in [0.1, 0.15) is 41.0 Å². The van der Waals surface area contributed by atoms with Gasteiger partial charge in [0.25, 0.3) is 0 Å². The molecule has 2 N–H and O–H groups in total. The minimum atomic E-state index is 0.449. The van der Waals surface area contributed by atoms with Crippen molar-refractivity contribution >= 4 is 0 Å². The molecule has 0 spiro atoms. The van der Waals surface area contributed by atoms with Crippen LogP contribution in [-0.4, -0.2) is 25.7 Å². The third kappa shape index (κ3) is 9.84. The first-order chi connectivity index (χ1) is 5.95. The van der Waals surface area contributed by atoms with Gasteiger partial charge in [-0.25, -0.2) is 0 Å². The highest BCUT2D eigenvalue weighted by molar-refractivity contribution is 4.67. The molecule has 13 heavy (non-hydrogen) atoms. The Balaban J connectivity index is 3.31. The molecule has 0 bridgehead atoms. The Hall–Kier alpha value is -0.0800. The fourth-order valence-electron chi connectivity index (χ4n) is 1.13. The van der Waals surface area contributed by atoms with E-state index in [4.69, 9.17) is 0 Å². The molecule has 0 fully saturated rings. The standard InChI is InChI=1S/C11H26N2/c1-6-12-9-10(2)13-8-7-11(3,4)5/h10,12-13H,6-9H2,1-5H3. The number of hydrogen-bond donors (Lipinski definition) is 2. The van der Waals surface area contributed by atoms with Gasteiger partial charge in [-0.05, 0) is 31.8 Å². The molecule has 0 radical (unpaired) electrons. The maximum absolute atomic E-state index is 3.51. The van der Waals surface area contributed by atoms with E-state index in [1.54, 1.807) is 0 Å². The Morgan fingerprint density at radius 3 is 2.31 bits per heavy atom. The zero-order chi connectivity index (χ0) is 10.3. The van der Waals surface area contributed by atoms with E-state index >= 15 is 0 Å². The molecule has 0 aromatic carbocycles. The van der Waals surface area contributed by atoms with Gasteiger partial charge >= 0.3 is 0 Å². The smallest absolute Gasteiger partial charge is 0.0164 e. The lowest BCUT2D eigenvalue weighted by atomic mass is 9.92. The van der Waals surface area contributed by atoms with Gasteiger partial charge in [0.1, 0.15) is 0 Å². The molecule has 0 aliphatic rings. The van der Waals surface area contributed by atoms with Crippen molar-refractivity contribution in [1.82, 2.24) is 10.6 Å². The van der Waals surface area contributed by atoms with Crippen LogP contribution in [0.4, 0.5) is 0 Å². The number of hydrogen-bond acceptors (Lipinski definition) is 2. The van der Waals surface area contributed by atoms with E-state index in [0.29, 0.717) is 11.5 Å². The topological polar surface area (TPSA) is 24.1 Å². The van der Waals surface area contributed by atoms with Gasteiger partial charge in [0.2, 0.25) is 0 Å². The molecule has 80 valence electrons. The van der Waals surface area contributed by atoms with E-state index in [1.165, 1.54) is 6.42 Å². The van der Waals surface area contributed by atoms with Gasteiger partial charge in [-0.1, -0.05) is 27.7 Å². The molecule has 0 heterocycles. The first-order valence-corrected chi connectivity index (χ1v) is 5.40. The zero-order valence-corrected chi connectivity index (χ0v) is 9.91. The summed E-state index contributed by atoms with van der Waals surface area (Å²) in [6.45, 7) is 14.5. The number of likely N-dealkylation sites (N-methyl/N-ethyl adjacent to an activating group) is 1. The van der Waals surface area contributed by atoms with Crippen LogP contribution >= 0.6 is 0 Å². The zero-order valence-electron chi connectivity index (χ0n) is 9.91. The molecule has 0 saturated heterocycles. The molecule has 0 aromatic heterocycles. The average molecular weight is 186 g/mol. The van der Waals surface area contributed by atoms with Gasteiger partial charge in [0, 0.05) is 12.6 Å². The van der Waals surface area contributed by atoms with Crippen LogP contribution in [0, 0.1) is 5.41 Å². The van der Waals surface area contributed by atoms with Gasteiger partial charge in [-0.15, -0.1) is 0 Å². The largest absolute Gasteiger partial charge is 0.315 e. The van der Waals surface area contributed by atoms with Crippen LogP contribution in [0.25, 0.3) is 0 Å². The van der Waals surface area contributed by atoms with Crippen LogP contribution < -0.4 is 10.6 Å². The molecule has 2 heteroatoms. The van der Waals surface area contributed by atoms with Crippen molar-refractivity contribution in [2.24, 2.45) is 5.41 Å². The van der Waals surface area contributed by atoms with Crippen molar-refractivity contribution in [3.05, 3.63) is 0 Å². The lowest BCUT2D eigenvalue weighted by Gasteiger charge is -2.20. The van der Waals surface area contributed by atoms with E-state index in [-0.39, 0.29) is 0 Å². The highest BCUT2D eigenvalue weighted by Crippen LogP contribution is 2.16. The normalized spacial score (nSPS) is 14.5. The summed E-state index contributed by atoms with van der Waals surface area (Å²) in [6.07, 6.45) is 1.24. The van der Waals surface area contributed by atoms with Crippen molar-refractivity contribution in [3.8, 4) is 0 Å². The van der Waals surface area contributed by atoms with Crippen molar-refractivity contribution < 1.29 is 0 Å². The summed E-state index contributed by atoms with van der Waals surface area (Å²) in [5, 5.41) is 6.84. The summed E-state index contributed by atoms with van der Waals surface area (Å²) in [7, 11) is 0. The minimum absolute atomic E-state index is 0.449. The second kappa shape index (κ2) is 6.39. The van der Waals surface area contributed by atoms with Gasteiger partial charge in [-0.3, -0.25) is 0 Å². The third-order valence-corrected chi connectivity index (χ3v) is 2.07. The predicted octanol–water partition coefficient (Wildman–Crippen LogP) is 2.01. The van der Waals surface area contributed by atoms with E-state index in [0.717, 1.165) is 19.6 Å². The quantitative estimate of drug-likeness (QED) is 0.663. The van der Waals surface area contributed by atoms with Crippen molar-refractivity contribution in [2.75, 3.05) is 19.6 Å². The fraction of sp³-hybridized carbons (Fsp3) is 1.00. The lowest BCUT2D eigenvalue weighted by molar-refractivity contribution is 0.354. The Kier molecular flexibility index (Phi) is 6.35. The summed E-state index contributed by atoms with van der Waals surface area (Å²) >= 11 is 0. The number of nitrogens with one attached hydrogen (secondary N) is 2. The van der Waals surface area contributed by atoms with Crippen LogP contribution in [0.5, 0.6) is 0 Å². The average Bonchev–Trinajstić information content (AvgIpc) is 1.98. The molecule has 0 rings (SSSR count). The van der Waals surface area contributed by atoms with Crippen LogP contribution in [-0.2, 0) is 0 Å². The highest BCUT2D eigenvalue weighted by atomic mass is 15.0. The third-order valence-electron chi connectivity index (χ3n) is 2.07. The molecule has 0 aliphatic heterocycles. The monoisotopic (exact) mass is 186 g/mol. The predicted molar refractivity (Wildman–Crippen MR) is 60.1 cm³/mol. The summed E-state index contributed by atoms with van der Waals surface area (Å²) < 4.78 is 0. The van der Waals surface area contributed by atoms with E-state index in [2.05, 4.69) is 45.3 Å². The highest BCUT2D eigenvalue weighted by Gasteiger charge is 2.09. The Labute approximate surface area is 83.5 Å². The molecule has 1 unspecified atom stereocenters. The lowest BCUT2D eigenvalue weighted by Crippen LogP contribution is -2.37. The van der Waals surface area contributed by atoms with Gasteiger partial charge in [0.05, 0.1) is 0 Å². The SMILES string of the molecule is CCNCC(C)NCCC(C)(C)C. The van der Waals surface area contributed by atoms with E-state index < -0.39 is 0 Å². The Morgan fingerprint density at radius 1 is 1.23 bits per heavy atom. The second-order valence-corrected chi connectivity index (χ2v) is 4.97. The molecule has 0 amide bonds. The molecular weight excluding hydrogens is 160 g/mol. The number of rotatable bonds is 6. The van der Waals surface area contributed by atoms with Gasteiger partial charge in [0.15, 0.2) is 0 Å². The van der Waals surface area contributed by atoms with Crippen LogP contribution in [0.15, 0.2) is 0 Å². The molecular formula is C11H26N2. The van der Waals surface area contributed by atoms with Gasteiger partial charge < -0.3 is 10.6 Å². The summed E-state index contributed by atoms with van der Waals surface area (Å²) in [4.78, 5) is 0. The minimum Gasteiger partial charge on any atom is -0.315 e. The second-order valence-electron chi connectivity index (χ2n) is 4.97. The summed E-state index contributed by atoms with van der Waals surface area (Å²) in [5.74, 6) is 0. The maximum atomic E-state index is 3.51. The first-order valence-electron chi connectivity index (χ1n) is 5.40. The summed E-state index contributed by atoms with van der Waals surface area (Å²) in [6, 6.07) is 0.585. The van der Waals surface area contributed by atoms with Crippen LogP contribution in [0.3, 0.4) is 0 Å². The Morgan fingerprint density at radius 2 is 1.85 bits per heavy atom. The maximum Gasteiger partial charge on any atom is 0.0164 e. The molecule has 0 aliphatic carbocycles. The molecule has 1 atom stereocenters. The van der Waals surface area contributed by atoms with Crippen molar-refractivity contribution in [2.45, 2.75) is 47.1 Å². The van der Waals surface area contributed by atoms with E-state index in [1.807, 2.05) is 0 Å². The fourth-order valence-corrected chi connectivity index (χ4v) is 1.13. The molecule has 0 saturated carbocycles. The first kappa shape index (κ1) is 12.9. The van der Waals surface area contributed by atoms with Crippen molar-refractivity contribution in [3.63, 3.8) is 0 Å². The van der Waals surface area contributed by atoms with Crippen molar-refractivity contribution in [1.29, 1.82) is 0 Å². The van der Waals surface area contributed by atoms with Gasteiger partial charge in [-0.2, -0.15) is 0 Å². The summed E-state index contributed by atoms with van der Waals surface area (Å²) in [5.41, 5.74) is 0.449. The molecule has 0 aromatic rings. The Bertz CT molecular complexity index is 116.